The van der Waals surface area contributed by atoms with E-state index in [1.54, 1.807) is 23.3 Å². The summed E-state index contributed by atoms with van der Waals surface area (Å²) >= 11 is 1.55. The van der Waals surface area contributed by atoms with Gasteiger partial charge in [-0.2, -0.15) is 0 Å². The number of carbonyl (C=O) groups is 2. The summed E-state index contributed by atoms with van der Waals surface area (Å²) in [6.07, 6.45) is 2.73. The topological polar surface area (TPSA) is 69.6 Å². The molecule has 2 N–H and O–H groups in total. The third-order valence-electron chi connectivity index (χ3n) is 5.22. The normalized spacial score (nSPS) is 15.1. The smallest absolute Gasteiger partial charge is 0.337 e. The maximum Gasteiger partial charge on any atom is 0.337 e. The zero-order chi connectivity index (χ0) is 19.8. The van der Waals surface area contributed by atoms with Crippen molar-refractivity contribution in [3.63, 3.8) is 0 Å². The number of carboxylic acids is 1. The van der Waals surface area contributed by atoms with Crippen molar-refractivity contribution in [2.45, 2.75) is 40.0 Å². The zero-order valence-corrected chi connectivity index (χ0v) is 17.1. The lowest BCUT2D eigenvalue weighted by Crippen LogP contribution is -2.31. The fourth-order valence-corrected chi connectivity index (χ4v) is 4.83. The van der Waals surface area contributed by atoms with Gasteiger partial charge in [-0.05, 0) is 43.2 Å². The molecule has 0 radical (unpaired) electrons. The van der Waals surface area contributed by atoms with Crippen LogP contribution >= 0.6 is 11.3 Å². The molecule has 0 fully saturated rings. The van der Waals surface area contributed by atoms with Crippen molar-refractivity contribution in [2.75, 3.05) is 18.9 Å². The minimum Gasteiger partial charge on any atom is -0.478 e. The van der Waals surface area contributed by atoms with Gasteiger partial charge in [-0.3, -0.25) is 0 Å². The van der Waals surface area contributed by atoms with E-state index in [0.29, 0.717) is 17.8 Å². The van der Waals surface area contributed by atoms with Crippen molar-refractivity contribution in [3.8, 4) is 10.4 Å². The van der Waals surface area contributed by atoms with Crippen LogP contribution in [0.5, 0.6) is 0 Å². The van der Waals surface area contributed by atoms with Gasteiger partial charge < -0.3 is 15.3 Å². The molecule has 27 heavy (non-hydrogen) atoms. The summed E-state index contributed by atoms with van der Waals surface area (Å²) < 4.78 is 0. The molecule has 0 saturated heterocycles. The molecular formula is C21H26N2O3S. The van der Waals surface area contributed by atoms with E-state index in [9.17, 15) is 14.7 Å². The third kappa shape index (κ3) is 3.86. The van der Waals surface area contributed by atoms with Gasteiger partial charge in [0.05, 0.1) is 16.1 Å². The van der Waals surface area contributed by atoms with Crippen LogP contribution in [0.1, 0.15) is 48.0 Å². The summed E-state index contributed by atoms with van der Waals surface area (Å²) in [7, 11) is 1.73. The number of nitrogens with zero attached hydrogens (tertiary/aromatic N) is 1. The summed E-state index contributed by atoms with van der Waals surface area (Å²) in [6.45, 7) is 6.88. The Morgan fingerprint density at radius 1 is 1.30 bits per heavy atom. The van der Waals surface area contributed by atoms with E-state index in [4.69, 9.17) is 0 Å². The van der Waals surface area contributed by atoms with E-state index in [-0.39, 0.29) is 11.4 Å². The van der Waals surface area contributed by atoms with Crippen molar-refractivity contribution >= 4 is 29.0 Å². The van der Waals surface area contributed by atoms with Gasteiger partial charge in [0.25, 0.3) is 0 Å². The van der Waals surface area contributed by atoms with Crippen LogP contribution < -0.4 is 5.32 Å². The van der Waals surface area contributed by atoms with E-state index >= 15 is 0 Å². The quantitative estimate of drug-likeness (QED) is 0.767. The number of anilines is 1. The highest BCUT2D eigenvalue weighted by molar-refractivity contribution is 7.16. The van der Waals surface area contributed by atoms with Gasteiger partial charge in [0.1, 0.15) is 0 Å². The van der Waals surface area contributed by atoms with E-state index in [0.717, 1.165) is 40.1 Å². The van der Waals surface area contributed by atoms with Crippen LogP contribution in [0, 0.1) is 5.41 Å². The van der Waals surface area contributed by atoms with E-state index < -0.39 is 5.97 Å². The standard InChI is InChI=1S/C21H26N2O3S/c1-5-23(4)20(26)22-15-9-7-6-8-13(15)18-17(19(24)25)14-12-21(2,3)11-10-16(14)27-18/h6-9H,5,10-12H2,1-4H3,(H,22,26)(H,24,25). The lowest BCUT2D eigenvalue weighted by atomic mass is 9.76. The number of amides is 2. The van der Waals surface area contributed by atoms with E-state index in [2.05, 4.69) is 19.2 Å². The number of nitrogens with one attached hydrogen (secondary N) is 1. The van der Waals surface area contributed by atoms with Crippen molar-refractivity contribution < 1.29 is 14.7 Å². The minimum absolute atomic E-state index is 0.104. The first kappa shape index (κ1) is 19.4. The Morgan fingerprint density at radius 3 is 2.67 bits per heavy atom. The molecule has 0 spiro atoms. The second-order valence-corrected chi connectivity index (χ2v) is 8.95. The number of carbonyl (C=O) groups excluding carboxylic acids is 1. The molecule has 0 bridgehead atoms. The zero-order valence-electron chi connectivity index (χ0n) is 16.3. The number of para-hydroxylation sites is 1. The molecule has 144 valence electrons. The number of urea groups is 1. The summed E-state index contributed by atoms with van der Waals surface area (Å²) in [6, 6.07) is 7.23. The Morgan fingerprint density at radius 2 is 2.00 bits per heavy atom. The number of rotatable bonds is 4. The summed E-state index contributed by atoms with van der Waals surface area (Å²) in [5.41, 5.74) is 2.87. The first-order valence-electron chi connectivity index (χ1n) is 9.23. The molecule has 3 rings (SSSR count). The van der Waals surface area contributed by atoms with Gasteiger partial charge in [0.2, 0.25) is 0 Å². The Balaban J connectivity index is 2.09. The number of carboxylic acid groups (broad SMARTS) is 1. The SMILES string of the molecule is CCN(C)C(=O)Nc1ccccc1-c1sc2c(c1C(=O)O)CC(C)(C)CC2. The van der Waals surface area contributed by atoms with Gasteiger partial charge in [-0.1, -0.05) is 32.0 Å². The number of benzene rings is 1. The molecule has 1 aromatic heterocycles. The highest BCUT2D eigenvalue weighted by Crippen LogP contribution is 2.46. The summed E-state index contributed by atoms with van der Waals surface area (Å²) in [4.78, 5) is 27.9. The minimum atomic E-state index is -0.896. The highest BCUT2D eigenvalue weighted by Gasteiger charge is 2.33. The van der Waals surface area contributed by atoms with Gasteiger partial charge in [-0.25, -0.2) is 9.59 Å². The molecule has 0 unspecified atom stereocenters. The van der Waals surface area contributed by atoms with Crippen LogP contribution in [-0.2, 0) is 12.8 Å². The predicted octanol–water partition coefficient (Wildman–Crippen LogP) is 5.11. The monoisotopic (exact) mass is 386 g/mol. The molecule has 1 heterocycles. The molecule has 1 aliphatic carbocycles. The van der Waals surface area contributed by atoms with E-state index in [1.165, 1.54) is 0 Å². The van der Waals surface area contributed by atoms with Crippen molar-refractivity contribution in [1.29, 1.82) is 0 Å². The van der Waals surface area contributed by atoms with Crippen LogP contribution in [0.15, 0.2) is 24.3 Å². The number of aromatic carboxylic acids is 1. The number of fused-ring (bicyclic) bond motifs is 1. The third-order valence-corrected chi connectivity index (χ3v) is 6.55. The molecule has 0 aliphatic heterocycles. The van der Waals surface area contributed by atoms with Gasteiger partial charge in [0, 0.05) is 24.0 Å². The van der Waals surface area contributed by atoms with Crippen LogP contribution in [-0.4, -0.2) is 35.6 Å². The number of aryl methyl sites for hydroxylation is 1. The van der Waals surface area contributed by atoms with Crippen LogP contribution in [0.25, 0.3) is 10.4 Å². The van der Waals surface area contributed by atoms with Crippen molar-refractivity contribution in [2.24, 2.45) is 5.41 Å². The Labute approximate surface area is 164 Å². The average Bonchev–Trinajstić information content (AvgIpc) is 2.98. The molecule has 5 nitrogen and oxygen atoms in total. The second-order valence-electron chi connectivity index (χ2n) is 7.84. The molecule has 0 atom stereocenters. The summed E-state index contributed by atoms with van der Waals surface area (Å²) in [5, 5.41) is 12.9. The first-order chi connectivity index (χ1) is 12.7. The largest absolute Gasteiger partial charge is 0.478 e. The molecule has 0 saturated carbocycles. The predicted molar refractivity (Wildman–Crippen MR) is 110 cm³/mol. The van der Waals surface area contributed by atoms with Crippen LogP contribution in [0.2, 0.25) is 0 Å². The van der Waals surface area contributed by atoms with Crippen molar-refractivity contribution in [1.82, 2.24) is 4.90 Å². The Bertz CT molecular complexity index is 886. The van der Waals surface area contributed by atoms with Gasteiger partial charge >= 0.3 is 12.0 Å². The maximum absolute atomic E-state index is 12.3. The number of thiophene rings is 1. The van der Waals surface area contributed by atoms with Crippen LogP contribution in [0.4, 0.5) is 10.5 Å². The van der Waals surface area contributed by atoms with Gasteiger partial charge in [-0.15, -0.1) is 11.3 Å². The lowest BCUT2D eigenvalue weighted by molar-refractivity contribution is 0.0696. The Hall–Kier alpha value is -2.34. The number of hydrogen-bond acceptors (Lipinski definition) is 3. The molecule has 2 aromatic rings. The molecule has 1 aromatic carbocycles. The molecule has 2 amide bonds. The fourth-order valence-electron chi connectivity index (χ4n) is 3.48. The van der Waals surface area contributed by atoms with Crippen molar-refractivity contribution in [3.05, 3.63) is 40.3 Å². The summed E-state index contributed by atoms with van der Waals surface area (Å²) in [5.74, 6) is -0.896. The fraction of sp³-hybridized carbons (Fsp3) is 0.429. The number of hydrogen-bond donors (Lipinski definition) is 2. The molecule has 1 aliphatic rings. The van der Waals surface area contributed by atoms with E-state index in [1.807, 2.05) is 31.2 Å². The molecule has 6 heteroatoms. The lowest BCUT2D eigenvalue weighted by Gasteiger charge is -2.29. The molecular weight excluding hydrogens is 360 g/mol. The Kier molecular flexibility index (Phi) is 5.29. The first-order valence-corrected chi connectivity index (χ1v) is 10.0. The van der Waals surface area contributed by atoms with Gasteiger partial charge in [0.15, 0.2) is 0 Å². The average molecular weight is 387 g/mol. The van der Waals surface area contributed by atoms with Crippen LogP contribution in [0.3, 0.4) is 0 Å². The highest BCUT2D eigenvalue weighted by atomic mass is 32.1. The maximum atomic E-state index is 12.3. The second kappa shape index (κ2) is 7.35.